The van der Waals surface area contributed by atoms with Crippen LogP contribution in [0.4, 0.5) is 0 Å². The van der Waals surface area contributed by atoms with Gasteiger partial charge in [-0.3, -0.25) is 4.79 Å². The van der Waals surface area contributed by atoms with Crippen molar-refractivity contribution in [2.75, 3.05) is 0 Å². The number of aryl methyl sites for hydroxylation is 1. The number of hydrogen-bond donors (Lipinski definition) is 0. The van der Waals surface area contributed by atoms with E-state index < -0.39 is 15.8 Å². The molecule has 1 aliphatic rings. The Labute approximate surface area is 139 Å². The molecule has 0 aliphatic heterocycles. The van der Waals surface area contributed by atoms with Gasteiger partial charge in [-0.2, -0.15) is 12.8 Å². The molecule has 0 saturated heterocycles. The molecule has 1 aromatic rings. The lowest BCUT2D eigenvalue weighted by Gasteiger charge is -2.07. The maximum Gasteiger partial charge on any atom is 0.282 e. The van der Waals surface area contributed by atoms with E-state index in [0.717, 1.165) is 30.6 Å². The average Bonchev–Trinajstić information content (AvgIpc) is 2.45. The summed E-state index contributed by atoms with van der Waals surface area (Å²) in [4.78, 5) is 11.4. The molecule has 22 heavy (non-hydrogen) atoms. The summed E-state index contributed by atoms with van der Waals surface area (Å²) in [6.07, 6.45) is 4.05. The van der Waals surface area contributed by atoms with E-state index in [2.05, 4.69) is 4.40 Å². The van der Waals surface area contributed by atoms with Gasteiger partial charge in [0, 0.05) is 6.08 Å². The van der Waals surface area contributed by atoms with Crippen LogP contribution >= 0.6 is 23.2 Å². The molecule has 0 unspecified atom stereocenters. The number of rotatable bonds is 4. The first-order valence-electron chi connectivity index (χ1n) is 6.56. The number of carbonyl (C=O) groups is 1. The van der Waals surface area contributed by atoms with Crippen molar-refractivity contribution in [1.29, 1.82) is 0 Å². The summed E-state index contributed by atoms with van der Waals surface area (Å²) in [7, 11) is -3.92. The first-order chi connectivity index (χ1) is 10.3. The van der Waals surface area contributed by atoms with Crippen molar-refractivity contribution < 1.29 is 13.2 Å². The Kier molecular flexibility index (Phi) is 5.21. The molecule has 0 aromatic heterocycles. The molecule has 0 saturated carbocycles. The lowest BCUT2D eigenvalue weighted by molar-refractivity contribution is -0.110. The zero-order valence-electron chi connectivity index (χ0n) is 11.7. The molecule has 4 nitrogen and oxygen atoms in total. The Morgan fingerprint density at radius 1 is 1.05 bits per heavy atom. The van der Waals surface area contributed by atoms with Crippen LogP contribution in [0.1, 0.15) is 18.9 Å². The van der Waals surface area contributed by atoms with Gasteiger partial charge in [-0.05, 0) is 30.2 Å². The smallest absolute Gasteiger partial charge is 0.282 e. The lowest BCUT2D eigenvalue weighted by Crippen LogP contribution is -2.10. The SMILES string of the molecule is CCCc1ccc(S(=O)(=O)/N=C2\C=C(Cl)C(=O)C=C2Cl)cc1. The fourth-order valence-corrected chi connectivity index (χ4v) is 3.29. The highest BCUT2D eigenvalue weighted by atomic mass is 35.5. The molecule has 0 bridgehead atoms. The molecule has 1 aliphatic carbocycles. The van der Waals surface area contributed by atoms with E-state index in [1.54, 1.807) is 12.1 Å². The van der Waals surface area contributed by atoms with Crippen molar-refractivity contribution in [3.63, 3.8) is 0 Å². The molecule has 0 amide bonds. The van der Waals surface area contributed by atoms with Gasteiger partial charge in [0.1, 0.15) is 0 Å². The summed E-state index contributed by atoms with van der Waals surface area (Å²) in [5, 5.41) is -0.183. The van der Waals surface area contributed by atoms with Gasteiger partial charge in [-0.1, -0.05) is 48.7 Å². The molecule has 1 aromatic carbocycles. The Balaban J connectivity index is 2.37. The van der Waals surface area contributed by atoms with Crippen LogP contribution in [0.15, 0.2) is 55.8 Å². The molecule has 0 heterocycles. The quantitative estimate of drug-likeness (QED) is 0.773. The van der Waals surface area contributed by atoms with E-state index in [0.29, 0.717) is 0 Å². The summed E-state index contributed by atoms with van der Waals surface area (Å²) in [5.74, 6) is -0.480. The van der Waals surface area contributed by atoms with Crippen molar-refractivity contribution in [3.05, 3.63) is 52.0 Å². The first-order valence-corrected chi connectivity index (χ1v) is 8.76. The summed E-state index contributed by atoms with van der Waals surface area (Å²) >= 11 is 11.5. The van der Waals surface area contributed by atoms with E-state index >= 15 is 0 Å². The molecule has 0 fully saturated rings. The third-order valence-corrected chi connectivity index (χ3v) is 4.88. The molecular formula is C15H13Cl2NO3S. The normalized spacial score (nSPS) is 17.4. The standard InChI is InChI=1S/C15H13Cl2NO3S/c1-2-3-10-4-6-11(7-5-10)22(20,21)18-14-8-13(17)15(19)9-12(14)16/h4-9H,2-3H2,1H3/b18-14+. The number of benzene rings is 1. The van der Waals surface area contributed by atoms with E-state index in [1.807, 2.05) is 6.92 Å². The largest absolute Gasteiger partial charge is 0.288 e. The first kappa shape index (κ1) is 16.9. The van der Waals surface area contributed by atoms with Gasteiger partial charge in [-0.15, -0.1) is 0 Å². The maximum atomic E-state index is 12.3. The summed E-state index contributed by atoms with van der Waals surface area (Å²) in [6, 6.07) is 6.51. The predicted molar refractivity (Wildman–Crippen MR) is 87.9 cm³/mol. The molecule has 0 radical (unpaired) electrons. The number of allylic oxidation sites excluding steroid dienone is 4. The molecule has 116 valence electrons. The Morgan fingerprint density at radius 3 is 2.27 bits per heavy atom. The highest BCUT2D eigenvalue weighted by molar-refractivity contribution is 7.90. The molecule has 2 rings (SSSR count). The number of hydrogen-bond acceptors (Lipinski definition) is 3. The number of sulfonamides is 1. The van der Waals surface area contributed by atoms with Gasteiger partial charge in [0.25, 0.3) is 10.0 Å². The van der Waals surface area contributed by atoms with E-state index in [-0.39, 0.29) is 20.7 Å². The van der Waals surface area contributed by atoms with Crippen molar-refractivity contribution >= 4 is 44.7 Å². The summed E-state index contributed by atoms with van der Waals surface area (Å²) < 4.78 is 28.2. The molecular weight excluding hydrogens is 345 g/mol. The Bertz CT molecular complexity index is 791. The van der Waals surface area contributed by atoms with Crippen LogP contribution in [-0.4, -0.2) is 19.9 Å². The molecule has 0 atom stereocenters. The minimum absolute atomic E-state index is 0.0519. The summed E-state index contributed by atoms with van der Waals surface area (Å²) in [6.45, 7) is 2.05. The van der Waals surface area contributed by atoms with Gasteiger partial charge < -0.3 is 0 Å². The lowest BCUT2D eigenvalue weighted by atomic mass is 10.1. The highest BCUT2D eigenvalue weighted by Crippen LogP contribution is 2.22. The van der Waals surface area contributed by atoms with E-state index in [9.17, 15) is 13.2 Å². The van der Waals surface area contributed by atoms with Gasteiger partial charge in [0.2, 0.25) is 0 Å². The number of carbonyl (C=O) groups excluding carboxylic acids is 1. The molecule has 0 spiro atoms. The second-order valence-corrected chi connectivity index (χ2v) is 7.11. The van der Waals surface area contributed by atoms with E-state index in [4.69, 9.17) is 23.2 Å². The topological polar surface area (TPSA) is 63.6 Å². The fraction of sp³-hybridized carbons (Fsp3) is 0.200. The number of nitrogens with zero attached hydrogens (tertiary/aromatic N) is 1. The second kappa shape index (κ2) is 6.77. The summed E-state index contributed by atoms with van der Waals surface area (Å²) in [5.41, 5.74) is 1.00. The van der Waals surface area contributed by atoms with Crippen molar-refractivity contribution in [2.24, 2.45) is 4.40 Å². The van der Waals surface area contributed by atoms with Gasteiger partial charge in [-0.25, -0.2) is 0 Å². The third kappa shape index (κ3) is 3.85. The third-order valence-electron chi connectivity index (χ3n) is 2.98. The predicted octanol–water partition coefficient (Wildman–Crippen LogP) is 3.60. The van der Waals surface area contributed by atoms with Crippen molar-refractivity contribution in [3.8, 4) is 0 Å². The molecule has 7 heteroatoms. The Morgan fingerprint density at radius 2 is 1.68 bits per heavy atom. The minimum Gasteiger partial charge on any atom is -0.288 e. The van der Waals surface area contributed by atoms with Crippen LogP contribution in [0.3, 0.4) is 0 Å². The monoisotopic (exact) mass is 357 g/mol. The zero-order chi connectivity index (χ0) is 16.3. The van der Waals surface area contributed by atoms with Crippen LogP contribution in [0, 0.1) is 0 Å². The second-order valence-electron chi connectivity index (χ2n) is 4.69. The van der Waals surface area contributed by atoms with Crippen LogP contribution in [0.2, 0.25) is 0 Å². The van der Waals surface area contributed by atoms with Crippen LogP contribution < -0.4 is 0 Å². The highest BCUT2D eigenvalue weighted by Gasteiger charge is 2.20. The zero-order valence-corrected chi connectivity index (χ0v) is 14.0. The van der Waals surface area contributed by atoms with Crippen LogP contribution in [-0.2, 0) is 21.2 Å². The van der Waals surface area contributed by atoms with Crippen LogP contribution in [0.5, 0.6) is 0 Å². The average molecular weight is 358 g/mol. The maximum absolute atomic E-state index is 12.3. The van der Waals surface area contributed by atoms with Gasteiger partial charge in [0.15, 0.2) is 5.78 Å². The fourth-order valence-electron chi connectivity index (χ4n) is 1.89. The number of halogens is 2. The van der Waals surface area contributed by atoms with Crippen molar-refractivity contribution in [2.45, 2.75) is 24.7 Å². The van der Waals surface area contributed by atoms with Crippen molar-refractivity contribution in [1.82, 2.24) is 0 Å². The van der Waals surface area contributed by atoms with E-state index in [1.165, 1.54) is 12.1 Å². The Hall–Kier alpha value is -1.43. The minimum atomic E-state index is -3.92. The van der Waals surface area contributed by atoms with Gasteiger partial charge >= 0.3 is 0 Å². The number of ketones is 1. The van der Waals surface area contributed by atoms with Crippen LogP contribution in [0.25, 0.3) is 0 Å². The molecule has 0 N–H and O–H groups in total. The van der Waals surface area contributed by atoms with Gasteiger partial charge in [0.05, 0.1) is 20.7 Å².